The van der Waals surface area contributed by atoms with E-state index in [1.807, 2.05) is 0 Å². The molecule has 0 amide bonds. The standard InChI is InChI=1S/BrH2NO2S/c1-2-5(3)4/h5H,(H,2,3,4). The maximum absolute atomic E-state index is 9.25. The van der Waals surface area contributed by atoms with Crippen LogP contribution in [0, 0.1) is 0 Å². The van der Waals surface area contributed by atoms with E-state index in [-0.39, 0.29) is 0 Å². The van der Waals surface area contributed by atoms with Gasteiger partial charge in [-0.3, -0.25) is 0 Å². The molecule has 0 heterocycles. The smallest absolute Gasteiger partial charge is 0.210 e. The molecule has 0 aromatic rings. The molecule has 0 atom stereocenters. The first-order chi connectivity index (χ1) is 2.27. The van der Waals surface area contributed by atoms with Crippen LogP contribution in [0.1, 0.15) is 0 Å². The second kappa shape index (κ2) is 2.62. The number of hydrogen-bond donors (Lipinski definition) is 2. The highest BCUT2D eigenvalue weighted by atomic mass is 79.9. The predicted molar refractivity (Wildman–Crippen MR) is 22.4 cm³/mol. The van der Waals surface area contributed by atoms with Crippen LogP contribution in [-0.4, -0.2) is 8.42 Å². The largest absolute Gasteiger partial charge is 0.215 e. The number of thiol groups is 1. The first-order valence-corrected chi connectivity index (χ1v) is 2.75. The summed E-state index contributed by atoms with van der Waals surface area (Å²) in [4.78, 5) is 0. The van der Waals surface area contributed by atoms with Crippen LogP contribution in [0.4, 0.5) is 0 Å². The average Bonchev–Trinajstić information content (AvgIpc) is 1.38. The maximum atomic E-state index is 9.25. The molecule has 0 unspecified atom stereocenters. The third kappa shape index (κ3) is 4.39. The van der Waals surface area contributed by atoms with Gasteiger partial charge in [0.2, 0.25) is 10.9 Å². The summed E-state index contributed by atoms with van der Waals surface area (Å²) >= 11 is 2.47. The molecule has 0 saturated heterocycles. The van der Waals surface area contributed by atoms with Crippen molar-refractivity contribution < 1.29 is 8.42 Å². The van der Waals surface area contributed by atoms with Crippen LogP contribution >= 0.6 is 16.1 Å². The molecule has 0 aromatic carbocycles. The molecule has 1 N–H and O–H groups in total. The molecule has 3 nitrogen and oxygen atoms in total. The minimum atomic E-state index is -2.43. The van der Waals surface area contributed by atoms with Gasteiger partial charge in [0.25, 0.3) is 0 Å². The summed E-state index contributed by atoms with van der Waals surface area (Å²) in [7, 11) is -2.43. The van der Waals surface area contributed by atoms with E-state index in [1.54, 1.807) is 3.75 Å². The lowest BCUT2D eigenvalue weighted by Crippen LogP contribution is -1.88. The molecule has 0 aliphatic rings. The molecular formula is H2BrNO2S. The predicted octanol–water partition coefficient (Wildman–Crippen LogP) is -0.588. The zero-order valence-corrected chi connectivity index (χ0v) is 4.62. The lowest BCUT2D eigenvalue weighted by atomic mass is 13.9. The molecule has 0 aromatic heterocycles. The van der Waals surface area contributed by atoms with Crippen molar-refractivity contribution in [1.29, 1.82) is 0 Å². The van der Waals surface area contributed by atoms with Gasteiger partial charge in [0, 0.05) is 16.1 Å². The van der Waals surface area contributed by atoms with E-state index in [2.05, 4.69) is 16.1 Å². The van der Waals surface area contributed by atoms with E-state index in [4.69, 9.17) is 0 Å². The van der Waals surface area contributed by atoms with E-state index < -0.39 is 10.9 Å². The van der Waals surface area contributed by atoms with Crippen molar-refractivity contribution in [2.24, 2.45) is 0 Å². The second-order valence-electron chi connectivity index (χ2n) is 0.342. The molecule has 32 valence electrons. The van der Waals surface area contributed by atoms with Crippen LogP contribution in [0.3, 0.4) is 0 Å². The van der Waals surface area contributed by atoms with Gasteiger partial charge < -0.3 is 0 Å². The lowest BCUT2D eigenvalue weighted by Gasteiger charge is -1.63. The van der Waals surface area contributed by atoms with E-state index in [9.17, 15) is 8.42 Å². The van der Waals surface area contributed by atoms with E-state index in [0.29, 0.717) is 0 Å². The number of nitrogens with one attached hydrogen (secondary N) is 1. The number of hydrogen-bond acceptors (Lipinski definition) is 2. The quantitative estimate of drug-likeness (QED) is 0.398. The van der Waals surface area contributed by atoms with Gasteiger partial charge in [-0.05, 0) is 0 Å². The first kappa shape index (κ1) is 5.39. The Hall–Kier alpha value is 0.390. The van der Waals surface area contributed by atoms with E-state index in [0.717, 1.165) is 0 Å². The van der Waals surface area contributed by atoms with Crippen LogP contribution in [-0.2, 0) is 10.9 Å². The summed E-state index contributed by atoms with van der Waals surface area (Å²) in [6.45, 7) is 0. The topological polar surface area (TPSA) is 46.2 Å². The molecule has 0 rings (SSSR count). The summed E-state index contributed by atoms with van der Waals surface area (Å²) in [6, 6.07) is 0. The van der Waals surface area contributed by atoms with E-state index in [1.165, 1.54) is 0 Å². The summed E-state index contributed by atoms with van der Waals surface area (Å²) in [5.74, 6) is 0. The zero-order valence-electron chi connectivity index (χ0n) is 2.14. The highest BCUT2D eigenvalue weighted by molar-refractivity contribution is 9.09. The van der Waals surface area contributed by atoms with E-state index >= 15 is 0 Å². The summed E-state index contributed by atoms with van der Waals surface area (Å²) in [5.41, 5.74) is 0. The molecule has 0 saturated carbocycles. The Bertz CT molecular complexity index is 67.7. The van der Waals surface area contributed by atoms with Gasteiger partial charge in [-0.2, -0.15) is 3.75 Å². The van der Waals surface area contributed by atoms with Gasteiger partial charge in [-0.25, -0.2) is 8.42 Å². The molecule has 0 spiro atoms. The zero-order chi connectivity index (χ0) is 4.28. The lowest BCUT2D eigenvalue weighted by molar-refractivity contribution is 0.614. The molecule has 0 bridgehead atoms. The number of rotatable bonds is 1. The SMILES string of the molecule is O=[SH](=O)NBr. The van der Waals surface area contributed by atoms with Gasteiger partial charge in [0.05, 0.1) is 0 Å². The molecule has 5 heteroatoms. The Kier molecular flexibility index (Phi) is 2.82. The summed E-state index contributed by atoms with van der Waals surface area (Å²) < 4.78 is 20.3. The second-order valence-corrected chi connectivity index (χ2v) is 2.09. The Balaban J connectivity index is 3.23. The fourth-order valence-electron chi connectivity index (χ4n) is 0. The fourth-order valence-corrected chi connectivity index (χ4v) is 0. The molecule has 0 aliphatic carbocycles. The van der Waals surface area contributed by atoms with Gasteiger partial charge in [-0.1, -0.05) is 0 Å². The van der Waals surface area contributed by atoms with Crippen LogP contribution in [0.2, 0.25) is 0 Å². The normalized spacial score (nSPS) is 9.20. The van der Waals surface area contributed by atoms with Crippen LogP contribution in [0.5, 0.6) is 0 Å². The van der Waals surface area contributed by atoms with Gasteiger partial charge >= 0.3 is 0 Å². The van der Waals surface area contributed by atoms with Crippen molar-refractivity contribution in [1.82, 2.24) is 3.75 Å². The molecule has 0 fully saturated rings. The summed E-state index contributed by atoms with van der Waals surface area (Å²) in [5, 5.41) is 0. The number of halogens is 1. The first-order valence-electron chi connectivity index (χ1n) is 0.778. The molecular weight excluding hydrogens is 158 g/mol. The minimum absolute atomic E-state index is 1.79. The Morgan fingerprint density at radius 1 is 1.60 bits per heavy atom. The van der Waals surface area contributed by atoms with Crippen molar-refractivity contribution in [2.75, 3.05) is 0 Å². The molecule has 0 aliphatic heterocycles. The van der Waals surface area contributed by atoms with Crippen molar-refractivity contribution in [3.63, 3.8) is 0 Å². The highest BCUT2D eigenvalue weighted by Crippen LogP contribution is 1.59. The Morgan fingerprint density at radius 2 is 1.80 bits per heavy atom. The third-order valence-corrected chi connectivity index (χ3v) is 1.08. The molecule has 5 heavy (non-hydrogen) atoms. The van der Waals surface area contributed by atoms with Gasteiger partial charge in [0.1, 0.15) is 0 Å². The van der Waals surface area contributed by atoms with Gasteiger partial charge in [0.15, 0.2) is 0 Å². The summed E-state index contributed by atoms with van der Waals surface area (Å²) in [6.07, 6.45) is 0. The average molecular weight is 160 g/mol. The maximum Gasteiger partial charge on any atom is 0.210 e. The Labute approximate surface area is 39.8 Å². The van der Waals surface area contributed by atoms with Gasteiger partial charge in [-0.15, -0.1) is 0 Å². The third-order valence-electron chi connectivity index (χ3n) is 0.0690. The van der Waals surface area contributed by atoms with Crippen LogP contribution < -0.4 is 3.75 Å². The van der Waals surface area contributed by atoms with Crippen LogP contribution in [0.15, 0.2) is 0 Å². The monoisotopic (exact) mass is 159 g/mol. The van der Waals surface area contributed by atoms with Crippen LogP contribution in [0.25, 0.3) is 0 Å². The fraction of sp³-hybridized carbons (Fsp3) is 0. The highest BCUT2D eigenvalue weighted by Gasteiger charge is 1.63. The Morgan fingerprint density at radius 3 is 1.80 bits per heavy atom. The van der Waals surface area contributed by atoms with Crippen molar-refractivity contribution >= 4 is 27.0 Å². The molecule has 0 radical (unpaired) electrons. The van der Waals surface area contributed by atoms with Crippen molar-refractivity contribution in [3.05, 3.63) is 0 Å². The minimum Gasteiger partial charge on any atom is -0.215 e. The van der Waals surface area contributed by atoms with Crippen molar-refractivity contribution in [3.8, 4) is 0 Å². The van der Waals surface area contributed by atoms with Crippen molar-refractivity contribution in [2.45, 2.75) is 0 Å².